The maximum absolute atomic E-state index is 12.9. The SMILES string of the molecule is Cn1ccnc1C1CNCCN1C(=O)Cc1ccc(-n2cccn2)cc1. The number of aromatic nitrogens is 4. The van der Waals surface area contributed by atoms with E-state index in [2.05, 4.69) is 15.4 Å². The van der Waals surface area contributed by atoms with Gasteiger partial charge in [-0.15, -0.1) is 0 Å². The van der Waals surface area contributed by atoms with Crippen molar-refractivity contribution in [2.45, 2.75) is 12.5 Å². The first-order valence-electron chi connectivity index (χ1n) is 8.79. The number of benzene rings is 1. The standard InChI is InChI=1S/C19H22N6O/c1-23-11-9-21-19(23)17-14-20-8-12-24(17)18(26)13-15-3-5-16(6-4-15)25-10-2-7-22-25/h2-7,9-11,17,20H,8,12-14H2,1H3. The van der Waals surface area contributed by atoms with Gasteiger partial charge in [-0.2, -0.15) is 5.10 Å². The molecule has 3 aromatic rings. The van der Waals surface area contributed by atoms with Gasteiger partial charge >= 0.3 is 0 Å². The highest BCUT2D eigenvalue weighted by Crippen LogP contribution is 2.21. The maximum Gasteiger partial charge on any atom is 0.227 e. The Morgan fingerprint density at radius 2 is 2.08 bits per heavy atom. The predicted octanol–water partition coefficient (Wildman–Crippen LogP) is 1.32. The summed E-state index contributed by atoms with van der Waals surface area (Å²) in [6, 6.07) is 9.83. The number of aryl methyl sites for hydroxylation is 1. The average Bonchev–Trinajstić information content (AvgIpc) is 3.34. The van der Waals surface area contributed by atoms with Gasteiger partial charge in [-0.05, 0) is 23.8 Å². The lowest BCUT2D eigenvalue weighted by molar-refractivity contribution is -0.134. The number of nitrogens with one attached hydrogen (secondary N) is 1. The summed E-state index contributed by atoms with van der Waals surface area (Å²) in [7, 11) is 1.97. The molecule has 2 aromatic heterocycles. The van der Waals surface area contributed by atoms with E-state index in [9.17, 15) is 4.79 Å². The van der Waals surface area contributed by atoms with E-state index in [4.69, 9.17) is 0 Å². The minimum absolute atomic E-state index is 0.0282. The minimum atomic E-state index is -0.0282. The summed E-state index contributed by atoms with van der Waals surface area (Å²) in [6.07, 6.45) is 7.74. The van der Waals surface area contributed by atoms with E-state index in [1.807, 2.05) is 59.2 Å². The molecule has 1 aromatic carbocycles. The topological polar surface area (TPSA) is 68.0 Å². The van der Waals surface area contributed by atoms with Crippen LogP contribution in [0.3, 0.4) is 0 Å². The summed E-state index contributed by atoms with van der Waals surface area (Å²) in [6.45, 7) is 2.24. The lowest BCUT2D eigenvalue weighted by atomic mass is 10.1. The number of imidazole rings is 1. The van der Waals surface area contributed by atoms with Gasteiger partial charge in [-0.3, -0.25) is 4.79 Å². The number of nitrogens with zero attached hydrogens (tertiary/aromatic N) is 5. The monoisotopic (exact) mass is 350 g/mol. The third kappa shape index (κ3) is 3.25. The molecule has 0 radical (unpaired) electrons. The van der Waals surface area contributed by atoms with E-state index in [1.165, 1.54) is 0 Å². The van der Waals surface area contributed by atoms with Crippen LogP contribution >= 0.6 is 0 Å². The van der Waals surface area contributed by atoms with E-state index in [0.29, 0.717) is 13.0 Å². The Balaban J connectivity index is 1.48. The zero-order valence-corrected chi connectivity index (χ0v) is 14.7. The zero-order chi connectivity index (χ0) is 17.9. The Morgan fingerprint density at radius 1 is 1.23 bits per heavy atom. The van der Waals surface area contributed by atoms with Crippen LogP contribution in [0.25, 0.3) is 5.69 Å². The van der Waals surface area contributed by atoms with E-state index >= 15 is 0 Å². The molecule has 1 aliphatic rings. The maximum atomic E-state index is 12.9. The molecule has 1 fully saturated rings. The van der Waals surface area contributed by atoms with Crippen LogP contribution in [0.4, 0.5) is 0 Å². The zero-order valence-electron chi connectivity index (χ0n) is 14.7. The number of amides is 1. The van der Waals surface area contributed by atoms with Crippen LogP contribution in [-0.4, -0.2) is 49.8 Å². The Bertz CT molecular complexity index is 868. The third-order valence-electron chi connectivity index (χ3n) is 4.78. The quantitative estimate of drug-likeness (QED) is 0.771. The summed E-state index contributed by atoms with van der Waals surface area (Å²) in [5, 5.41) is 7.59. The summed E-state index contributed by atoms with van der Waals surface area (Å²) >= 11 is 0. The van der Waals surface area contributed by atoms with Crippen molar-refractivity contribution < 1.29 is 4.79 Å². The first-order chi connectivity index (χ1) is 12.7. The Hall–Kier alpha value is -2.93. The van der Waals surface area contributed by atoms with Crippen molar-refractivity contribution in [2.75, 3.05) is 19.6 Å². The first-order valence-corrected chi connectivity index (χ1v) is 8.79. The lowest BCUT2D eigenvalue weighted by Gasteiger charge is -2.35. The van der Waals surface area contributed by atoms with Crippen molar-refractivity contribution in [1.29, 1.82) is 0 Å². The second kappa shape index (κ2) is 7.13. The highest BCUT2D eigenvalue weighted by molar-refractivity contribution is 5.79. The van der Waals surface area contributed by atoms with E-state index in [-0.39, 0.29) is 11.9 Å². The highest BCUT2D eigenvalue weighted by atomic mass is 16.2. The Kier molecular flexibility index (Phi) is 4.53. The Morgan fingerprint density at radius 3 is 2.77 bits per heavy atom. The average molecular weight is 350 g/mol. The lowest BCUT2D eigenvalue weighted by Crippen LogP contribution is -2.49. The minimum Gasteiger partial charge on any atom is -0.336 e. The van der Waals surface area contributed by atoms with E-state index < -0.39 is 0 Å². The number of carbonyl (C=O) groups is 1. The summed E-state index contributed by atoms with van der Waals surface area (Å²) in [5.74, 6) is 1.05. The van der Waals surface area contributed by atoms with Gasteiger partial charge in [0.1, 0.15) is 11.9 Å². The molecule has 0 saturated carbocycles. The summed E-state index contributed by atoms with van der Waals surface area (Å²) < 4.78 is 3.79. The molecule has 0 spiro atoms. The van der Waals surface area contributed by atoms with Gasteiger partial charge in [0.15, 0.2) is 0 Å². The fourth-order valence-corrected chi connectivity index (χ4v) is 3.40. The van der Waals surface area contributed by atoms with Crippen LogP contribution in [0.1, 0.15) is 17.4 Å². The molecule has 7 heteroatoms. The fourth-order valence-electron chi connectivity index (χ4n) is 3.40. The molecule has 134 valence electrons. The molecule has 1 unspecified atom stereocenters. The number of rotatable bonds is 4. The molecule has 1 saturated heterocycles. The molecule has 7 nitrogen and oxygen atoms in total. The number of carbonyl (C=O) groups excluding carboxylic acids is 1. The number of piperazine rings is 1. The smallest absolute Gasteiger partial charge is 0.227 e. The van der Waals surface area contributed by atoms with Gasteiger partial charge in [0, 0.05) is 51.5 Å². The molecule has 0 bridgehead atoms. The predicted molar refractivity (Wildman–Crippen MR) is 97.8 cm³/mol. The van der Waals surface area contributed by atoms with Gasteiger partial charge in [-0.25, -0.2) is 9.67 Å². The van der Waals surface area contributed by atoms with Crippen molar-refractivity contribution in [3.05, 3.63) is 66.5 Å². The second-order valence-electron chi connectivity index (χ2n) is 6.50. The molecule has 4 rings (SSSR count). The van der Waals surface area contributed by atoms with E-state index in [0.717, 1.165) is 30.2 Å². The molecule has 26 heavy (non-hydrogen) atoms. The van der Waals surface area contributed by atoms with Crippen molar-refractivity contribution in [1.82, 2.24) is 29.5 Å². The van der Waals surface area contributed by atoms with Gasteiger partial charge in [0.05, 0.1) is 12.1 Å². The van der Waals surface area contributed by atoms with Crippen LogP contribution in [0.2, 0.25) is 0 Å². The molecule has 1 amide bonds. The van der Waals surface area contributed by atoms with Crippen molar-refractivity contribution in [2.24, 2.45) is 7.05 Å². The summed E-state index contributed by atoms with van der Waals surface area (Å²) in [4.78, 5) is 19.3. The highest BCUT2D eigenvalue weighted by Gasteiger charge is 2.30. The van der Waals surface area contributed by atoms with Crippen molar-refractivity contribution >= 4 is 5.91 Å². The van der Waals surface area contributed by atoms with E-state index in [1.54, 1.807) is 17.1 Å². The van der Waals surface area contributed by atoms with Crippen LogP contribution in [-0.2, 0) is 18.3 Å². The number of hydrogen-bond acceptors (Lipinski definition) is 4. The molecular formula is C19H22N6O. The van der Waals surface area contributed by atoms with Crippen LogP contribution in [0.5, 0.6) is 0 Å². The van der Waals surface area contributed by atoms with Gasteiger partial charge < -0.3 is 14.8 Å². The molecule has 0 aliphatic carbocycles. The van der Waals surface area contributed by atoms with Crippen LogP contribution in [0.15, 0.2) is 55.1 Å². The van der Waals surface area contributed by atoms with Crippen LogP contribution < -0.4 is 5.32 Å². The van der Waals surface area contributed by atoms with Crippen molar-refractivity contribution in [3.63, 3.8) is 0 Å². The fraction of sp³-hybridized carbons (Fsp3) is 0.316. The third-order valence-corrected chi connectivity index (χ3v) is 4.78. The largest absolute Gasteiger partial charge is 0.336 e. The molecule has 1 atom stereocenters. The first kappa shape index (κ1) is 16.5. The van der Waals surface area contributed by atoms with Gasteiger partial charge in [0.25, 0.3) is 0 Å². The molecule has 1 N–H and O–H groups in total. The van der Waals surface area contributed by atoms with Crippen LogP contribution in [0, 0.1) is 0 Å². The van der Waals surface area contributed by atoms with Crippen molar-refractivity contribution in [3.8, 4) is 5.69 Å². The van der Waals surface area contributed by atoms with Gasteiger partial charge in [0.2, 0.25) is 5.91 Å². The molecular weight excluding hydrogens is 328 g/mol. The normalized spacial score (nSPS) is 17.4. The number of hydrogen-bond donors (Lipinski definition) is 1. The van der Waals surface area contributed by atoms with Gasteiger partial charge in [-0.1, -0.05) is 12.1 Å². The molecule has 1 aliphatic heterocycles. The second-order valence-corrected chi connectivity index (χ2v) is 6.50. The molecule has 3 heterocycles. The summed E-state index contributed by atoms with van der Waals surface area (Å²) in [5.41, 5.74) is 1.99. The Labute approximate surface area is 152 Å².